The van der Waals surface area contributed by atoms with Gasteiger partial charge in [-0.15, -0.1) is 0 Å². The molecule has 1 saturated heterocycles. The number of urea groups is 1. The SMILES string of the molecule is CC1Cc2ccccc2N1C(=O)NC(c1ccc(F)cc1)C1CCCO1. The second-order valence-corrected chi connectivity index (χ2v) is 7.08. The third-order valence-electron chi connectivity index (χ3n) is 5.27. The molecule has 0 saturated carbocycles. The van der Waals surface area contributed by atoms with Gasteiger partial charge < -0.3 is 10.1 Å². The van der Waals surface area contributed by atoms with Crippen LogP contribution in [-0.2, 0) is 11.2 Å². The number of nitrogens with zero attached hydrogens (tertiary/aromatic N) is 1. The number of hydrogen-bond donors (Lipinski definition) is 1. The lowest BCUT2D eigenvalue weighted by atomic mass is 9.99. The van der Waals surface area contributed by atoms with Crippen molar-refractivity contribution in [2.45, 2.75) is 44.4 Å². The molecule has 136 valence electrons. The predicted octanol–water partition coefficient (Wildman–Crippen LogP) is 4.21. The van der Waals surface area contributed by atoms with Crippen molar-refractivity contribution in [3.63, 3.8) is 0 Å². The summed E-state index contributed by atoms with van der Waals surface area (Å²) in [6.07, 6.45) is 2.62. The molecule has 0 radical (unpaired) electrons. The van der Waals surface area contributed by atoms with Crippen LogP contribution in [0.25, 0.3) is 0 Å². The average Bonchev–Trinajstić information content (AvgIpc) is 3.27. The van der Waals surface area contributed by atoms with Gasteiger partial charge in [0.05, 0.1) is 12.1 Å². The highest BCUT2D eigenvalue weighted by molar-refractivity contribution is 5.95. The number of rotatable bonds is 3. The number of benzene rings is 2. The molecule has 2 amide bonds. The van der Waals surface area contributed by atoms with E-state index in [2.05, 4.69) is 18.3 Å². The Bertz CT molecular complexity index is 787. The van der Waals surface area contributed by atoms with Gasteiger partial charge in [0.2, 0.25) is 0 Å². The summed E-state index contributed by atoms with van der Waals surface area (Å²) in [5.74, 6) is -0.284. The summed E-state index contributed by atoms with van der Waals surface area (Å²) in [5.41, 5.74) is 3.01. The Labute approximate surface area is 153 Å². The molecule has 2 aliphatic heterocycles. The highest BCUT2D eigenvalue weighted by Crippen LogP contribution is 2.33. The minimum absolute atomic E-state index is 0.0856. The molecule has 0 spiro atoms. The first-order valence-electron chi connectivity index (χ1n) is 9.18. The minimum Gasteiger partial charge on any atom is -0.376 e. The summed E-state index contributed by atoms with van der Waals surface area (Å²) >= 11 is 0. The van der Waals surface area contributed by atoms with Crippen molar-refractivity contribution in [1.82, 2.24) is 5.32 Å². The van der Waals surface area contributed by atoms with E-state index in [4.69, 9.17) is 4.74 Å². The summed E-state index contributed by atoms with van der Waals surface area (Å²) in [6.45, 7) is 2.75. The molecular formula is C21H23FN2O2. The summed E-state index contributed by atoms with van der Waals surface area (Å²) in [5, 5.41) is 3.15. The highest BCUT2D eigenvalue weighted by atomic mass is 19.1. The Kier molecular flexibility index (Phi) is 4.64. The van der Waals surface area contributed by atoms with Gasteiger partial charge in [-0.25, -0.2) is 9.18 Å². The summed E-state index contributed by atoms with van der Waals surface area (Å²) in [7, 11) is 0. The van der Waals surface area contributed by atoms with Crippen LogP contribution in [0.2, 0.25) is 0 Å². The van der Waals surface area contributed by atoms with E-state index in [0.717, 1.165) is 30.5 Å². The monoisotopic (exact) mass is 354 g/mol. The number of carbonyl (C=O) groups excluding carboxylic acids is 1. The predicted molar refractivity (Wildman–Crippen MR) is 98.7 cm³/mol. The average molecular weight is 354 g/mol. The Morgan fingerprint density at radius 2 is 2.00 bits per heavy atom. The fourth-order valence-corrected chi connectivity index (χ4v) is 4.00. The Hall–Kier alpha value is -2.40. The first kappa shape index (κ1) is 17.0. The summed E-state index contributed by atoms with van der Waals surface area (Å²) in [6, 6.07) is 14.0. The molecule has 0 aliphatic carbocycles. The van der Waals surface area contributed by atoms with Gasteiger partial charge in [0, 0.05) is 18.3 Å². The molecule has 1 fully saturated rings. The normalized spacial score (nSPS) is 22.9. The zero-order chi connectivity index (χ0) is 18.1. The molecule has 4 rings (SSSR count). The van der Waals surface area contributed by atoms with Crippen LogP contribution in [0, 0.1) is 5.82 Å². The van der Waals surface area contributed by atoms with Crippen molar-refractivity contribution in [3.8, 4) is 0 Å². The van der Waals surface area contributed by atoms with Crippen molar-refractivity contribution in [3.05, 3.63) is 65.5 Å². The van der Waals surface area contributed by atoms with Crippen molar-refractivity contribution < 1.29 is 13.9 Å². The number of ether oxygens (including phenoxy) is 1. The van der Waals surface area contributed by atoms with Gasteiger partial charge >= 0.3 is 6.03 Å². The van der Waals surface area contributed by atoms with Gasteiger partial charge in [-0.3, -0.25) is 4.90 Å². The first-order valence-corrected chi connectivity index (χ1v) is 9.18. The van der Waals surface area contributed by atoms with E-state index in [1.165, 1.54) is 17.7 Å². The van der Waals surface area contributed by atoms with Gasteiger partial charge in [-0.05, 0) is 55.5 Å². The second-order valence-electron chi connectivity index (χ2n) is 7.08. The van der Waals surface area contributed by atoms with Crippen molar-refractivity contribution in [1.29, 1.82) is 0 Å². The molecule has 2 aromatic carbocycles. The van der Waals surface area contributed by atoms with Crippen LogP contribution in [0.4, 0.5) is 14.9 Å². The number of halogens is 1. The number of carbonyl (C=O) groups is 1. The molecule has 3 atom stereocenters. The number of anilines is 1. The number of nitrogens with one attached hydrogen (secondary N) is 1. The van der Waals surface area contributed by atoms with Crippen molar-refractivity contribution in [2.75, 3.05) is 11.5 Å². The van der Waals surface area contributed by atoms with Gasteiger partial charge in [0.25, 0.3) is 0 Å². The van der Waals surface area contributed by atoms with E-state index in [0.29, 0.717) is 6.61 Å². The summed E-state index contributed by atoms with van der Waals surface area (Å²) in [4.78, 5) is 14.9. The molecule has 5 heteroatoms. The van der Waals surface area contributed by atoms with E-state index >= 15 is 0 Å². The standard InChI is InChI=1S/C21H23FN2O2/c1-14-13-16-5-2-3-6-18(16)24(14)21(25)23-20(19-7-4-12-26-19)15-8-10-17(22)11-9-15/h2-3,5-6,8-11,14,19-20H,4,7,12-13H2,1H3,(H,23,25). The number of fused-ring (bicyclic) bond motifs is 1. The molecular weight excluding hydrogens is 331 g/mol. The molecule has 0 aromatic heterocycles. The molecule has 0 bridgehead atoms. The van der Waals surface area contributed by atoms with Crippen LogP contribution in [0.5, 0.6) is 0 Å². The molecule has 2 aliphatic rings. The van der Waals surface area contributed by atoms with E-state index in [1.807, 2.05) is 23.1 Å². The van der Waals surface area contributed by atoms with Crippen molar-refractivity contribution >= 4 is 11.7 Å². The lowest BCUT2D eigenvalue weighted by Crippen LogP contribution is -2.47. The Morgan fingerprint density at radius 1 is 1.23 bits per heavy atom. The molecule has 2 heterocycles. The summed E-state index contributed by atoms with van der Waals surface area (Å²) < 4.78 is 19.2. The van der Waals surface area contributed by atoms with E-state index in [9.17, 15) is 9.18 Å². The molecule has 1 N–H and O–H groups in total. The Balaban J connectivity index is 1.59. The first-order chi connectivity index (χ1) is 12.6. The molecule has 2 aromatic rings. The third-order valence-corrected chi connectivity index (χ3v) is 5.27. The van der Waals surface area contributed by atoms with Crippen LogP contribution in [0.15, 0.2) is 48.5 Å². The zero-order valence-electron chi connectivity index (χ0n) is 14.8. The maximum Gasteiger partial charge on any atom is 0.322 e. The van der Waals surface area contributed by atoms with Crippen molar-refractivity contribution in [2.24, 2.45) is 0 Å². The van der Waals surface area contributed by atoms with Crippen LogP contribution in [0.3, 0.4) is 0 Å². The lowest BCUT2D eigenvalue weighted by molar-refractivity contribution is 0.0810. The van der Waals surface area contributed by atoms with Gasteiger partial charge in [-0.2, -0.15) is 0 Å². The molecule has 26 heavy (non-hydrogen) atoms. The zero-order valence-corrected chi connectivity index (χ0v) is 14.8. The molecule has 3 unspecified atom stereocenters. The number of hydrogen-bond acceptors (Lipinski definition) is 2. The smallest absolute Gasteiger partial charge is 0.322 e. The van der Waals surface area contributed by atoms with Gasteiger partial charge in [0.1, 0.15) is 5.82 Å². The van der Waals surface area contributed by atoms with Crippen LogP contribution in [-0.4, -0.2) is 24.8 Å². The van der Waals surface area contributed by atoms with E-state index in [1.54, 1.807) is 12.1 Å². The van der Waals surface area contributed by atoms with Crippen LogP contribution >= 0.6 is 0 Å². The third kappa shape index (κ3) is 3.19. The molecule has 4 nitrogen and oxygen atoms in total. The Morgan fingerprint density at radius 3 is 2.73 bits per heavy atom. The maximum absolute atomic E-state index is 13.3. The van der Waals surface area contributed by atoms with Gasteiger partial charge in [0.15, 0.2) is 0 Å². The number of amides is 2. The highest BCUT2D eigenvalue weighted by Gasteiger charge is 2.34. The largest absolute Gasteiger partial charge is 0.376 e. The maximum atomic E-state index is 13.3. The fourth-order valence-electron chi connectivity index (χ4n) is 4.00. The van der Waals surface area contributed by atoms with E-state index in [-0.39, 0.29) is 30.0 Å². The number of para-hydroxylation sites is 1. The fraction of sp³-hybridized carbons (Fsp3) is 0.381. The minimum atomic E-state index is -0.287. The van der Waals surface area contributed by atoms with Gasteiger partial charge in [-0.1, -0.05) is 30.3 Å². The van der Waals surface area contributed by atoms with E-state index < -0.39 is 0 Å². The lowest BCUT2D eigenvalue weighted by Gasteiger charge is -2.29. The van der Waals surface area contributed by atoms with Crippen LogP contribution < -0.4 is 10.2 Å². The quantitative estimate of drug-likeness (QED) is 0.897. The topological polar surface area (TPSA) is 41.6 Å². The van der Waals surface area contributed by atoms with Crippen LogP contribution in [0.1, 0.15) is 36.9 Å². The second kappa shape index (κ2) is 7.08.